The van der Waals surface area contributed by atoms with Crippen LogP contribution in [0.5, 0.6) is 0 Å². The van der Waals surface area contributed by atoms with Gasteiger partial charge in [-0.3, -0.25) is 9.78 Å². The molecule has 6 heteroatoms. The lowest BCUT2D eigenvalue weighted by Gasteiger charge is -2.40. The Kier molecular flexibility index (Phi) is 6.70. The third-order valence-corrected chi connectivity index (χ3v) is 6.50. The van der Waals surface area contributed by atoms with Crippen LogP contribution in [0.2, 0.25) is 0 Å². The fraction of sp³-hybridized carbons (Fsp3) is 0.700. The highest BCUT2D eigenvalue weighted by Crippen LogP contribution is 2.41. The van der Waals surface area contributed by atoms with Crippen molar-refractivity contribution in [2.24, 2.45) is 5.41 Å². The molecule has 5 nitrogen and oxygen atoms in total. The zero-order valence-corrected chi connectivity index (χ0v) is 17.4. The van der Waals surface area contributed by atoms with Crippen molar-refractivity contribution in [3.05, 3.63) is 28.5 Å². The molecule has 3 rings (SSSR count). The first-order valence-electron chi connectivity index (χ1n) is 9.62. The van der Waals surface area contributed by atoms with Gasteiger partial charge in [-0.25, -0.2) is 0 Å². The van der Waals surface area contributed by atoms with Crippen LogP contribution < -0.4 is 5.32 Å². The Bertz CT molecular complexity index is 609. The maximum absolute atomic E-state index is 13.4. The second-order valence-electron chi connectivity index (χ2n) is 7.95. The number of carbonyl (C=O) groups is 1. The molecule has 1 saturated carbocycles. The smallest absolute Gasteiger partial charge is 0.226 e. The highest BCUT2D eigenvalue weighted by molar-refractivity contribution is 9.10. The van der Waals surface area contributed by atoms with E-state index in [1.807, 2.05) is 6.20 Å². The van der Waals surface area contributed by atoms with Gasteiger partial charge in [-0.15, -0.1) is 0 Å². The maximum Gasteiger partial charge on any atom is 0.226 e. The third kappa shape index (κ3) is 4.84. The van der Waals surface area contributed by atoms with E-state index in [-0.39, 0.29) is 17.4 Å². The van der Waals surface area contributed by atoms with Gasteiger partial charge in [0.25, 0.3) is 0 Å². The summed E-state index contributed by atoms with van der Waals surface area (Å²) >= 11 is 3.50. The number of hydrogen-bond donors (Lipinski definition) is 1. The molecular weight excluding hydrogens is 394 g/mol. The number of piperidine rings is 1. The van der Waals surface area contributed by atoms with Crippen LogP contribution in [0, 0.1) is 5.41 Å². The molecule has 1 aliphatic carbocycles. The second kappa shape index (κ2) is 8.81. The number of rotatable bonds is 5. The lowest BCUT2D eigenvalue weighted by molar-refractivity contribution is -0.135. The van der Waals surface area contributed by atoms with E-state index in [0.717, 1.165) is 68.1 Å². The summed E-state index contributed by atoms with van der Waals surface area (Å²) in [7, 11) is 3.92. The van der Waals surface area contributed by atoms with Gasteiger partial charge < -0.3 is 15.0 Å². The molecule has 26 heavy (non-hydrogen) atoms. The van der Waals surface area contributed by atoms with Gasteiger partial charge in [0.15, 0.2) is 0 Å². The number of amides is 1. The molecule has 1 aromatic rings. The zero-order chi connectivity index (χ0) is 18.6. The molecule has 0 radical (unpaired) electrons. The second-order valence-corrected chi connectivity index (χ2v) is 8.87. The number of carbonyl (C=O) groups excluding carboxylic acids is 1. The van der Waals surface area contributed by atoms with E-state index in [1.54, 1.807) is 13.3 Å². The van der Waals surface area contributed by atoms with Crippen LogP contribution in [0.3, 0.4) is 0 Å². The predicted molar refractivity (Wildman–Crippen MR) is 106 cm³/mol. The lowest BCUT2D eigenvalue weighted by atomic mass is 9.69. The average Bonchev–Trinajstić information content (AvgIpc) is 2.64. The highest BCUT2D eigenvalue weighted by Gasteiger charge is 2.42. The molecule has 1 saturated heterocycles. The fourth-order valence-electron chi connectivity index (χ4n) is 4.30. The first-order chi connectivity index (χ1) is 12.5. The fourth-order valence-corrected chi connectivity index (χ4v) is 4.71. The summed E-state index contributed by atoms with van der Waals surface area (Å²) in [6, 6.07) is 2.39. The molecule has 1 aliphatic heterocycles. The summed E-state index contributed by atoms with van der Waals surface area (Å²) in [6.07, 6.45) is 10.4. The molecule has 1 amide bonds. The predicted octanol–water partition coefficient (Wildman–Crippen LogP) is 3.17. The largest absolute Gasteiger partial charge is 0.381 e. The van der Waals surface area contributed by atoms with Crippen molar-refractivity contribution in [1.82, 2.24) is 15.2 Å². The van der Waals surface area contributed by atoms with Gasteiger partial charge in [-0.1, -0.05) is 0 Å². The first-order valence-corrected chi connectivity index (χ1v) is 10.4. The van der Waals surface area contributed by atoms with Crippen molar-refractivity contribution in [2.45, 2.75) is 57.1 Å². The molecule has 2 aliphatic rings. The summed E-state index contributed by atoms with van der Waals surface area (Å²) in [4.78, 5) is 20.0. The Balaban J connectivity index is 1.73. The molecule has 0 spiro atoms. The molecule has 144 valence electrons. The summed E-state index contributed by atoms with van der Waals surface area (Å²) in [5.74, 6) is 0.224. The Morgan fingerprint density at radius 1 is 1.31 bits per heavy atom. The number of nitrogens with zero attached hydrogens (tertiary/aromatic N) is 2. The quantitative estimate of drug-likeness (QED) is 0.789. The summed E-state index contributed by atoms with van der Waals surface area (Å²) in [6.45, 7) is 2.11. The van der Waals surface area contributed by atoms with Gasteiger partial charge in [0.05, 0.1) is 11.5 Å². The van der Waals surface area contributed by atoms with Crippen molar-refractivity contribution >= 4 is 21.8 Å². The van der Waals surface area contributed by atoms with Crippen LogP contribution in [0.25, 0.3) is 0 Å². The highest BCUT2D eigenvalue weighted by atomic mass is 79.9. The third-order valence-electron chi connectivity index (χ3n) is 6.06. The van der Waals surface area contributed by atoms with Crippen LogP contribution in [-0.2, 0) is 16.0 Å². The van der Waals surface area contributed by atoms with Crippen LogP contribution in [0.4, 0.5) is 0 Å². The molecule has 2 heterocycles. The molecule has 1 N–H and O–H groups in total. The van der Waals surface area contributed by atoms with E-state index in [2.05, 4.69) is 44.2 Å². The minimum Gasteiger partial charge on any atom is -0.381 e. The number of pyridine rings is 1. The Morgan fingerprint density at radius 3 is 2.62 bits per heavy atom. The zero-order valence-electron chi connectivity index (χ0n) is 15.8. The number of ether oxygens (including phenoxy) is 1. The molecule has 1 aromatic heterocycles. The summed E-state index contributed by atoms with van der Waals surface area (Å²) in [5, 5.41) is 3.38. The van der Waals surface area contributed by atoms with E-state index >= 15 is 0 Å². The number of likely N-dealkylation sites (tertiary alicyclic amines) is 1. The first kappa shape index (κ1) is 19.8. The molecule has 0 bridgehead atoms. The number of hydrogen-bond acceptors (Lipinski definition) is 4. The van der Waals surface area contributed by atoms with Gasteiger partial charge in [-0.05, 0) is 92.6 Å². The van der Waals surface area contributed by atoms with Gasteiger partial charge in [0, 0.05) is 30.0 Å². The van der Waals surface area contributed by atoms with E-state index in [1.165, 1.54) is 0 Å². The number of aromatic nitrogens is 1. The van der Waals surface area contributed by atoms with E-state index in [9.17, 15) is 4.79 Å². The van der Waals surface area contributed by atoms with Gasteiger partial charge in [-0.2, -0.15) is 0 Å². The average molecular weight is 424 g/mol. The monoisotopic (exact) mass is 423 g/mol. The SMILES string of the molecule is COC1CCC(Cc2cncc(Br)c2)(C(=O)NC2CCN(C)CC2)CC1. The number of halogens is 1. The standard InChI is InChI=1S/C20H30BrN3O2/c1-24-9-5-17(6-10-24)23-19(25)20(7-3-18(26-2)4-8-20)12-15-11-16(21)14-22-13-15/h11,13-14,17-18H,3-10,12H2,1-2H3,(H,23,25). The Hall–Kier alpha value is -0.980. The molecule has 2 fully saturated rings. The van der Waals surface area contributed by atoms with E-state index < -0.39 is 0 Å². The molecule has 0 atom stereocenters. The summed E-state index contributed by atoms with van der Waals surface area (Å²) < 4.78 is 6.50. The maximum atomic E-state index is 13.4. The van der Waals surface area contributed by atoms with Crippen LogP contribution in [0.15, 0.2) is 22.9 Å². The lowest BCUT2D eigenvalue weighted by Crippen LogP contribution is -2.51. The van der Waals surface area contributed by atoms with Crippen molar-refractivity contribution in [3.63, 3.8) is 0 Å². The minimum atomic E-state index is -0.346. The Labute approximate surface area is 165 Å². The molecule has 0 aromatic carbocycles. The van der Waals surface area contributed by atoms with Crippen molar-refractivity contribution in [2.75, 3.05) is 27.2 Å². The van der Waals surface area contributed by atoms with E-state index in [0.29, 0.717) is 6.04 Å². The van der Waals surface area contributed by atoms with Crippen molar-refractivity contribution < 1.29 is 9.53 Å². The minimum absolute atomic E-state index is 0.224. The van der Waals surface area contributed by atoms with Gasteiger partial charge in [0.1, 0.15) is 0 Å². The van der Waals surface area contributed by atoms with Crippen LogP contribution in [0.1, 0.15) is 44.1 Å². The van der Waals surface area contributed by atoms with Gasteiger partial charge >= 0.3 is 0 Å². The number of methoxy groups -OCH3 is 1. The van der Waals surface area contributed by atoms with Crippen LogP contribution in [-0.4, -0.2) is 55.2 Å². The summed E-state index contributed by atoms with van der Waals surface area (Å²) in [5.41, 5.74) is 0.773. The van der Waals surface area contributed by atoms with Crippen LogP contribution >= 0.6 is 15.9 Å². The normalized spacial score (nSPS) is 28.0. The Morgan fingerprint density at radius 2 is 2.00 bits per heavy atom. The molecule has 0 unspecified atom stereocenters. The van der Waals surface area contributed by atoms with E-state index in [4.69, 9.17) is 4.74 Å². The van der Waals surface area contributed by atoms with Crippen molar-refractivity contribution in [3.8, 4) is 0 Å². The van der Waals surface area contributed by atoms with Gasteiger partial charge in [0.2, 0.25) is 5.91 Å². The number of nitrogens with one attached hydrogen (secondary N) is 1. The molecular formula is C20H30BrN3O2. The topological polar surface area (TPSA) is 54.5 Å². The van der Waals surface area contributed by atoms with Crippen molar-refractivity contribution in [1.29, 1.82) is 0 Å².